The second kappa shape index (κ2) is 8.39. The minimum atomic E-state index is -0.849. The molecule has 2 aromatic rings. The normalized spacial score (nSPS) is 15.4. The number of amides is 4. The molecule has 1 saturated heterocycles. The smallest absolute Gasteiger partial charge is 0.336 e. The molecule has 0 unspecified atom stereocenters. The molecule has 0 radical (unpaired) electrons. The molecule has 0 bridgehead atoms. The summed E-state index contributed by atoms with van der Waals surface area (Å²) in [6.07, 6.45) is 6.18. The van der Waals surface area contributed by atoms with Gasteiger partial charge in [0.15, 0.2) is 11.5 Å². The van der Waals surface area contributed by atoms with Gasteiger partial charge < -0.3 is 9.84 Å². The summed E-state index contributed by atoms with van der Waals surface area (Å²) in [5.41, 5.74) is 0.997. The zero-order valence-corrected chi connectivity index (χ0v) is 15.7. The van der Waals surface area contributed by atoms with Crippen molar-refractivity contribution in [3.8, 4) is 11.5 Å². The summed E-state index contributed by atoms with van der Waals surface area (Å²) in [5, 5.41) is 12.5. The zero-order valence-electron chi connectivity index (χ0n) is 15.7. The number of carbonyl (C=O) groups is 3. The molecule has 0 aliphatic carbocycles. The molecule has 2 heterocycles. The Kier molecular flexibility index (Phi) is 5.73. The first-order valence-corrected chi connectivity index (χ1v) is 8.87. The molecular formula is C21H19N3O5. The first kappa shape index (κ1) is 19.8. The molecule has 0 atom stereocenters. The van der Waals surface area contributed by atoms with Gasteiger partial charge in [0.05, 0.1) is 18.5 Å². The Morgan fingerprint density at radius 1 is 1.31 bits per heavy atom. The minimum Gasteiger partial charge on any atom is -0.504 e. The van der Waals surface area contributed by atoms with Crippen LogP contribution in [0.15, 0.2) is 54.9 Å². The van der Waals surface area contributed by atoms with Crippen LogP contribution in [-0.4, -0.2) is 34.5 Å². The molecule has 1 fully saturated rings. The van der Waals surface area contributed by atoms with Crippen molar-refractivity contribution in [3.05, 3.63) is 66.0 Å². The highest BCUT2D eigenvalue weighted by Gasteiger charge is 2.37. The number of aromatic hydroxyl groups is 1. The lowest BCUT2D eigenvalue weighted by atomic mass is 10.0. The van der Waals surface area contributed by atoms with E-state index >= 15 is 0 Å². The van der Waals surface area contributed by atoms with Crippen LogP contribution in [0.4, 0.5) is 10.5 Å². The number of pyridine rings is 1. The molecule has 4 amide bonds. The standard InChI is InChI=1S/C21H19N3O5/c1-3-6-14-9-13(11-17(18(14)25)29-4-2)10-16-19(26)23-21(28)24(20(16)27)15-7-5-8-22-12-15/h3,5,7-12,25H,1,4,6H2,2H3,(H,23,26,28)/b16-10+. The molecule has 148 valence electrons. The number of phenolic OH excluding ortho intramolecular Hbond substituents is 1. The number of benzene rings is 1. The maximum atomic E-state index is 12.9. The van der Waals surface area contributed by atoms with Crippen LogP contribution in [0.1, 0.15) is 18.1 Å². The summed E-state index contributed by atoms with van der Waals surface area (Å²) >= 11 is 0. The van der Waals surface area contributed by atoms with Gasteiger partial charge >= 0.3 is 6.03 Å². The number of urea groups is 1. The topological polar surface area (TPSA) is 109 Å². The Morgan fingerprint density at radius 3 is 2.76 bits per heavy atom. The molecule has 8 nitrogen and oxygen atoms in total. The number of nitrogens with one attached hydrogen (secondary N) is 1. The molecule has 0 saturated carbocycles. The number of rotatable bonds is 6. The largest absolute Gasteiger partial charge is 0.504 e. The number of imide groups is 2. The maximum absolute atomic E-state index is 12.9. The van der Waals surface area contributed by atoms with Gasteiger partial charge in [-0.05, 0) is 49.2 Å². The molecule has 29 heavy (non-hydrogen) atoms. The van der Waals surface area contributed by atoms with Gasteiger partial charge in [-0.15, -0.1) is 6.58 Å². The number of aromatic nitrogens is 1. The average Bonchev–Trinajstić information content (AvgIpc) is 2.69. The Balaban J connectivity index is 2.06. The zero-order chi connectivity index (χ0) is 21.0. The third-order valence-electron chi connectivity index (χ3n) is 4.16. The molecule has 0 spiro atoms. The summed E-state index contributed by atoms with van der Waals surface area (Å²) < 4.78 is 5.44. The molecule has 1 aliphatic rings. The summed E-state index contributed by atoms with van der Waals surface area (Å²) in [5.74, 6) is -1.39. The minimum absolute atomic E-state index is 0.0273. The van der Waals surface area contributed by atoms with Gasteiger partial charge in [-0.25, -0.2) is 9.69 Å². The highest BCUT2D eigenvalue weighted by atomic mass is 16.5. The summed E-state index contributed by atoms with van der Waals surface area (Å²) in [4.78, 5) is 42.1. The van der Waals surface area contributed by atoms with E-state index < -0.39 is 17.8 Å². The SMILES string of the molecule is C=CCc1cc(/C=C2\C(=O)NC(=O)N(c3cccnc3)C2=O)cc(OCC)c1O. The van der Waals surface area contributed by atoms with E-state index in [1.165, 1.54) is 30.6 Å². The van der Waals surface area contributed by atoms with Gasteiger partial charge in [0, 0.05) is 11.8 Å². The number of hydrogen-bond donors (Lipinski definition) is 2. The number of carbonyl (C=O) groups excluding carboxylic acids is 3. The van der Waals surface area contributed by atoms with E-state index in [0.717, 1.165) is 4.90 Å². The van der Waals surface area contributed by atoms with Gasteiger partial charge in [0.1, 0.15) is 5.57 Å². The Labute approximate surface area is 167 Å². The monoisotopic (exact) mass is 393 g/mol. The second-order valence-electron chi connectivity index (χ2n) is 6.12. The number of hydrogen-bond acceptors (Lipinski definition) is 6. The lowest BCUT2D eigenvalue weighted by Gasteiger charge is -2.26. The van der Waals surface area contributed by atoms with Crippen molar-refractivity contribution >= 4 is 29.6 Å². The van der Waals surface area contributed by atoms with Crippen molar-refractivity contribution in [2.45, 2.75) is 13.3 Å². The van der Waals surface area contributed by atoms with Crippen LogP contribution in [0.3, 0.4) is 0 Å². The van der Waals surface area contributed by atoms with E-state index in [9.17, 15) is 19.5 Å². The third kappa shape index (κ3) is 4.01. The molecular weight excluding hydrogens is 374 g/mol. The van der Waals surface area contributed by atoms with Crippen molar-refractivity contribution in [3.63, 3.8) is 0 Å². The number of ether oxygens (including phenoxy) is 1. The Bertz CT molecular complexity index is 1010. The van der Waals surface area contributed by atoms with E-state index in [4.69, 9.17) is 4.74 Å². The van der Waals surface area contributed by atoms with Crippen LogP contribution in [0.25, 0.3) is 6.08 Å². The van der Waals surface area contributed by atoms with Gasteiger partial charge in [0.25, 0.3) is 11.8 Å². The molecule has 3 rings (SSSR count). The molecule has 1 aromatic carbocycles. The predicted molar refractivity (Wildman–Crippen MR) is 106 cm³/mol. The van der Waals surface area contributed by atoms with Crippen LogP contribution in [0.5, 0.6) is 11.5 Å². The van der Waals surface area contributed by atoms with Crippen LogP contribution in [0.2, 0.25) is 0 Å². The quantitative estimate of drug-likeness (QED) is 0.444. The van der Waals surface area contributed by atoms with Crippen LogP contribution in [-0.2, 0) is 16.0 Å². The van der Waals surface area contributed by atoms with E-state index in [1.54, 1.807) is 25.1 Å². The van der Waals surface area contributed by atoms with E-state index in [2.05, 4.69) is 16.9 Å². The summed E-state index contributed by atoms with van der Waals surface area (Å²) in [6, 6.07) is 5.40. The molecule has 2 N–H and O–H groups in total. The van der Waals surface area contributed by atoms with E-state index in [0.29, 0.717) is 24.2 Å². The summed E-state index contributed by atoms with van der Waals surface area (Å²) in [7, 11) is 0. The number of allylic oxidation sites excluding steroid dienone is 1. The molecule has 8 heteroatoms. The highest BCUT2D eigenvalue weighted by molar-refractivity contribution is 6.39. The lowest BCUT2D eigenvalue weighted by molar-refractivity contribution is -0.122. The number of nitrogens with zero attached hydrogens (tertiary/aromatic N) is 2. The van der Waals surface area contributed by atoms with E-state index in [-0.39, 0.29) is 22.8 Å². The van der Waals surface area contributed by atoms with Crippen LogP contribution < -0.4 is 15.0 Å². The fraction of sp³-hybridized carbons (Fsp3) is 0.143. The molecule has 1 aliphatic heterocycles. The lowest BCUT2D eigenvalue weighted by Crippen LogP contribution is -2.54. The van der Waals surface area contributed by atoms with Crippen molar-refractivity contribution in [1.82, 2.24) is 10.3 Å². The second-order valence-corrected chi connectivity index (χ2v) is 6.12. The predicted octanol–water partition coefficient (Wildman–Crippen LogP) is 2.58. The van der Waals surface area contributed by atoms with Gasteiger partial charge in [-0.3, -0.25) is 19.9 Å². The van der Waals surface area contributed by atoms with Crippen LogP contribution in [0, 0.1) is 0 Å². The van der Waals surface area contributed by atoms with Crippen molar-refractivity contribution in [2.24, 2.45) is 0 Å². The number of barbiturate groups is 1. The Morgan fingerprint density at radius 2 is 2.10 bits per heavy atom. The Hall–Kier alpha value is -3.94. The van der Waals surface area contributed by atoms with Gasteiger partial charge in [-0.2, -0.15) is 0 Å². The average molecular weight is 393 g/mol. The van der Waals surface area contributed by atoms with Gasteiger partial charge in [0.2, 0.25) is 0 Å². The van der Waals surface area contributed by atoms with Crippen molar-refractivity contribution in [1.29, 1.82) is 0 Å². The third-order valence-corrected chi connectivity index (χ3v) is 4.16. The highest BCUT2D eigenvalue weighted by Crippen LogP contribution is 2.33. The van der Waals surface area contributed by atoms with Crippen molar-refractivity contribution < 1.29 is 24.2 Å². The fourth-order valence-corrected chi connectivity index (χ4v) is 2.89. The molecule has 1 aromatic heterocycles. The fourth-order valence-electron chi connectivity index (χ4n) is 2.89. The number of anilines is 1. The van der Waals surface area contributed by atoms with Crippen LogP contribution >= 0.6 is 0 Å². The maximum Gasteiger partial charge on any atom is 0.336 e. The summed E-state index contributed by atoms with van der Waals surface area (Å²) in [6.45, 7) is 5.75. The first-order chi connectivity index (χ1) is 14.0. The first-order valence-electron chi connectivity index (χ1n) is 8.87. The number of phenols is 1. The van der Waals surface area contributed by atoms with Gasteiger partial charge in [-0.1, -0.05) is 6.08 Å². The van der Waals surface area contributed by atoms with E-state index in [1.807, 2.05) is 0 Å². The van der Waals surface area contributed by atoms with Crippen molar-refractivity contribution in [2.75, 3.05) is 11.5 Å².